The van der Waals surface area contributed by atoms with Gasteiger partial charge in [0.2, 0.25) is 0 Å². The Bertz CT molecular complexity index is 547. The summed E-state index contributed by atoms with van der Waals surface area (Å²) in [5.74, 6) is -0.407. The van der Waals surface area contributed by atoms with Gasteiger partial charge in [0, 0.05) is 5.46 Å². The highest BCUT2D eigenvalue weighted by molar-refractivity contribution is 6.62. The Morgan fingerprint density at radius 2 is 1.68 bits per heavy atom. The summed E-state index contributed by atoms with van der Waals surface area (Å²) >= 11 is 0. The molecule has 100 valence electrons. The van der Waals surface area contributed by atoms with E-state index in [-0.39, 0.29) is 5.46 Å². The highest BCUT2D eigenvalue weighted by atomic mass is 19.1. The van der Waals surface area contributed by atoms with Gasteiger partial charge in [0.1, 0.15) is 5.82 Å². The Labute approximate surface area is 113 Å². The van der Waals surface area contributed by atoms with Crippen molar-refractivity contribution in [2.24, 2.45) is 0 Å². The third-order valence-electron chi connectivity index (χ3n) is 3.97. The Morgan fingerprint density at radius 1 is 1.16 bits per heavy atom. The van der Waals surface area contributed by atoms with Crippen LogP contribution in [0.2, 0.25) is 0 Å². The van der Waals surface area contributed by atoms with Gasteiger partial charge >= 0.3 is 7.12 Å². The zero-order valence-electron chi connectivity index (χ0n) is 11.9. The fourth-order valence-corrected chi connectivity index (χ4v) is 1.96. The van der Waals surface area contributed by atoms with Crippen LogP contribution >= 0.6 is 0 Å². The molecule has 2 rings (SSSR count). The largest absolute Gasteiger partial charge is 0.497 e. The van der Waals surface area contributed by atoms with Crippen molar-refractivity contribution in [1.82, 2.24) is 0 Å². The topological polar surface area (TPSA) is 42.2 Å². The van der Waals surface area contributed by atoms with Gasteiger partial charge in [-0.1, -0.05) is 0 Å². The zero-order valence-corrected chi connectivity index (χ0v) is 11.9. The van der Waals surface area contributed by atoms with E-state index in [1.54, 1.807) is 6.92 Å². The van der Waals surface area contributed by atoms with Gasteiger partial charge in [-0.15, -0.1) is 0 Å². The number of rotatable bonds is 1. The Hall–Kier alpha value is -1.38. The van der Waals surface area contributed by atoms with Crippen LogP contribution in [0.15, 0.2) is 12.1 Å². The molecular formula is C14H17BFNO2. The molecular weight excluding hydrogens is 244 g/mol. The van der Waals surface area contributed by atoms with Gasteiger partial charge in [0.15, 0.2) is 0 Å². The molecule has 1 aliphatic rings. The lowest BCUT2D eigenvalue weighted by atomic mass is 9.77. The maximum absolute atomic E-state index is 14.1. The van der Waals surface area contributed by atoms with E-state index in [0.717, 1.165) is 0 Å². The lowest BCUT2D eigenvalue weighted by molar-refractivity contribution is 0.00578. The number of nitrogens with zero attached hydrogens (tertiary/aromatic N) is 1. The van der Waals surface area contributed by atoms with Crippen molar-refractivity contribution in [2.45, 2.75) is 45.8 Å². The van der Waals surface area contributed by atoms with Crippen molar-refractivity contribution >= 4 is 12.6 Å². The minimum atomic E-state index is -0.780. The predicted octanol–water partition coefficient (Wildman–Crippen LogP) is 2.31. The van der Waals surface area contributed by atoms with E-state index < -0.39 is 24.1 Å². The molecule has 0 radical (unpaired) electrons. The molecule has 0 aliphatic carbocycles. The van der Waals surface area contributed by atoms with Crippen LogP contribution in [-0.4, -0.2) is 18.3 Å². The maximum Gasteiger partial charge on any atom is 0.497 e. The van der Waals surface area contributed by atoms with E-state index >= 15 is 0 Å². The van der Waals surface area contributed by atoms with Crippen LogP contribution in [0.1, 0.15) is 38.8 Å². The van der Waals surface area contributed by atoms with E-state index in [4.69, 9.17) is 14.6 Å². The first kappa shape index (κ1) is 14.0. The molecule has 3 nitrogen and oxygen atoms in total. The van der Waals surface area contributed by atoms with Crippen LogP contribution in [-0.2, 0) is 9.31 Å². The molecule has 0 N–H and O–H groups in total. The van der Waals surface area contributed by atoms with Crippen molar-refractivity contribution in [3.8, 4) is 6.07 Å². The molecule has 0 atom stereocenters. The quantitative estimate of drug-likeness (QED) is 0.728. The van der Waals surface area contributed by atoms with E-state index in [2.05, 4.69) is 6.07 Å². The van der Waals surface area contributed by atoms with Gasteiger partial charge in [-0.05, 0) is 52.3 Å². The second-order valence-corrected chi connectivity index (χ2v) is 5.89. The second-order valence-electron chi connectivity index (χ2n) is 5.89. The molecule has 19 heavy (non-hydrogen) atoms. The average Bonchev–Trinajstić information content (AvgIpc) is 2.48. The standard InChI is InChI=1S/C14H17BFNO2/c1-9-6-12(16)11(7-10(9)8-17)15-18-13(2,3)14(4,5)19-15/h6-7H,1-5H3. The molecule has 0 spiro atoms. The first-order valence-corrected chi connectivity index (χ1v) is 6.24. The smallest absolute Gasteiger partial charge is 0.399 e. The molecule has 0 amide bonds. The molecule has 5 heteroatoms. The average molecular weight is 261 g/mol. The SMILES string of the molecule is Cc1cc(F)c(B2OC(C)(C)C(C)(C)O2)cc1C#N. The number of nitriles is 1. The zero-order chi connectivity index (χ0) is 14.4. The first-order chi connectivity index (χ1) is 8.68. The number of benzene rings is 1. The second kappa shape index (κ2) is 4.33. The monoisotopic (exact) mass is 261 g/mol. The predicted molar refractivity (Wildman–Crippen MR) is 71.6 cm³/mol. The van der Waals surface area contributed by atoms with Crippen molar-refractivity contribution in [2.75, 3.05) is 0 Å². The molecule has 0 aromatic heterocycles. The van der Waals surface area contributed by atoms with Crippen LogP contribution < -0.4 is 5.46 Å². The van der Waals surface area contributed by atoms with Gasteiger partial charge in [-0.3, -0.25) is 0 Å². The maximum atomic E-state index is 14.1. The molecule has 0 saturated carbocycles. The van der Waals surface area contributed by atoms with E-state index in [9.17, 15) is 4.39 Å². The van der Waals surface area contributed by atoms with Gasteiger partial charge in [-0.2, -0.15) is 5.26 Å². The summed E-state index contributed by atoms with van der Waals surface area (Å²) in [4.78, 5) is 0. The van der Waals surface area contributed by atoms with E-state index in [0.29, 0.717) is 11.1 Å². The van der Waals surface area contributed by atoms with Crippen LogP contribution in [0.3, 0.4) is 0 Å². The molecule has 1 fully saturated rings. The fourth-order valence-electron chi connectivity index (χ4n) is 1.96. The van der Waals surface area contributed by atoms with Crippen molar-refractivity contribution in [3.63, 3.8) is 0 Å². The van der Waals surface area contributed by atoms with Crippen LogP contribution in [0, 0.1) is 24.1 Å². The minimum Gasteiger partial charge on any atom is -0.399 e. The first-order valence-electron chi connectivity index (χ1n) is 6.24. The van der Waals surface area contributed by atoms with E-state index in [1.165, 1.54) is 12.1 Å². The highest BCUT2D eigenvalue weighted by Crippen LogP contribution is 2.36. The van der Waals surface area contributed by atoms with Gasteiger partial charge < -0.3 is 9.31 Å². The molecule has 1 heterocycles. The molecule has 0 bridgehead atoms. The molecule has 1 saturated heterocycles. The Morgan fingerprint density at radius 3 is 2.16 bits per heavy atom. The summed E-state index contributed by atoms with van der Waals surface area (Å²) in [6.45, 7) is 9.33. The Balaban J connectivity index is 2.43. The highest BCUT2D eigenvalue weighted by Gasteiger charge is 2.52. The third kappa shape index (κ3) is 2.26. The van der Waals surface area contributed by atoms with Crippen molar-refractivity contribution in [1.29, 1.82) is 5.26 Å². The molecule has 1 aromatic rings. The fraction of sp³-hybridized carbons (Fsp3) is 0.500. The normalized spacial score (nSPS) is 20.4. The summed E-state index contributed by atoms with van der Waals surface area (Å²) in [6.07, 6.45) is 0. The summed E-state index contributed by atoms with van der Waals surface area (Å²) in [5.41, 5.74) is 0.274. The number of halogens is 1. The van der Waals surface area contributed by atoms with Crippen LogP contribution in [0.5, 0.6) is 0 Å². The summed E-state index contributed by atoms with van der Waals surface area (Å²) < 4.78 is 25.7. The summed E-state index contributed by atoms with van der Waals surface area (Å²) in [5, 5.41) is 9.03. The number of hydrogen-bond acceptors (Lipinski definition) is 3. The van der Waals surface area contributed by atoms with Gasteiger partial charge in [-0.25, -0.2) is 4.39 Å². The van der Waals surface area contributed by atoms with Gasteiger partial charge in [0.25, 0.3) is 0 Å². The molecule has 0 unspecified atom stereocenters. The number of aryl methyl sites for hydroxylation is 1. The summed E-state index contributed by atoms with van der Waals surface area (Å²) in [7, 11) is -0.780. The third-order valence-corrected chi connectivity index (χ3v) is 3.97. The van der Waals surface area contributed by atoms with Gasteiger partial charge in [0.05, 0.1) is 22.8 Å². The van der Waals surface area contributed by atoms with Crippen LogP contribution in [0.4, 0.5) is 4.39 Å². The van der Waals surface area contributed by atoms with Crippen molar-refractivity contribution < 1.29 is 13.7 Å². The lowest BCUT2D eigenvalue weighted by Crippen LogP contribution is -2.41. The molecule has 1 aromatic carbocycles. The summed E-state index contributed by atoms with van der Waals surface area (Å²) in [6, 6.07) is 4.90. The lowest BCUT2D eigenvalue weighted by Gasteiger charge is -2.32. The van der Waals surface area contributed by atoms with Crippen LogP contribution in [0.25, 0.3) is 0 Å². The molecule has 1 aliphatic heterocycles. The number of hydrogen-bond donors (Lipinski definition) is 0. The van der Waals surface area contributed by atoms with E-state index in [1.807, 2.05) is 27.7 Å². The minimum absolute atomic E-state index is 0.279. The Kier molecular flexibility index (Phi) is 3.20. The van der Waals surface area contributed by atoms with Crippen molar-refractivity contribution in [3.05, 3.63) is 29.1 Å².